The summed E-state index contributed by atoms with van der Waals surface area (Å²) in [5.74, 6) is 0. The van der Waals surface area contributed by atoms with E-state index in [9.17, 15) is 26.3 Å². The molecule has 11 nitrogen and oxygen atoms in total. The molecule has 21 heteroatoms. The van der Waals surface area contributed by atoms with E-state index in [1.165, 1.54) is 0 Å². The quantitative estimate of drug-likeness (QED) is 0.153. The van der Waals surface area contributed by atoms with E-state index in [-0.39, 0.29) is 50.5 Å². The van der Waals surface area contributed by atoms with E-state index >= 15 is 0 Å². The van der Waals surface area contributed by atoms with Crippen LogP contribution >= 0.6 is 11.3 Å². The summed E-state index contributed by atoms with van der Waals surface area (Å²) in [6.07, 6.45) is 0. The summed E-state index contributed by atoms with van der Waals surface area (Å²) in [5, 5.41) is 4.08. The van der Waals surface area contributed by atoms with E-state index in [1.807, 2.05) is 22.9 Å². The molecule has 172 valence electrons. The van der Waals surface area contributed by atoms with Crippen molar-refractivity contribution in [1.29, 1.82) is 0 Å². The summed E-state index contributed by atoms with van der Waals surface area (Å²) in [7, 11) is -12.2. The van der Waals surface area contributed by atoms with E-state index in [2.05, 4.69) is 0 Å². The molecule has 15 N–H and O–H groups in total. The molecule has 0 spiro atoms. The normalized spacial score (nSPS) is 9.78. The van der Waals surface area contributed by atoms with Gasteiger partial charge in [-0.1, -0.05) is 12.1 Å². The van der Waals surface area contributed by atoms with Gasteiger partial charge in [0.25, 0.3) is 0 Å². The number of halogens is 6. The average Bonchev–Trinajstić information content (AvgIpc) is 2.68. The topological polar surface area (TPSA) is 289 Å². The van der Waals surface area contributed by atoms with E-state index in [0.717, 1.165) is 0 Å². The van der Waals surface area contributed by atoms with Crippen molar-refractivity contribution in [2.24, 2.45) is 0 Å². The SMILES string of the molecule is N.N.N.N.N.O=S(=O)([O-])C(F)(F)F.O=S(=O)([O-])C(F)(F)F.[Os+2].c1ccsc1. The van der Waals surface area contributed by atoms with Crippen molar-refractivity contribution >= 4 is 31.6 Å². The third kappa shape index (κ3) is 27.9. The Morgan fingerprint density at radius 2 is 0.778 bits per heavy atom. The molecule has 0 aromatic carbocycles. The molecule has 0 aliphatic rings. The summed E-state index contributed by atoms with van der Waals surface area (Å²) >= 11 is 1.71. The zero-order chi connectivity index (χ0) is 17.5. The maximum atomic E-state index is 10.7. The van der Waals surface area contributed by atoms with Crippen LogP contribution < -0.4 is 30.8 Å². The first-order valence-electron chi connectivity index (χ1n) is 4.01. The second-order valence-electron chi connectivity index (χ2n) is 2.59. The summed E-state index contributed by atoms with van der Waals surface area (Å²) in [6, 6.07) is 4.04. The number of hydrogen-bond acceptors (Lipinski definition) is 12. The first-order valence-corrected chi connectivity index (χ1v) is 7.77. The van der Waals surface area contributed by atoms with Crippen molar-refractivity contribution in [3.63, 3.8) is 0 Å². The molecule has 0 aliphatic carbocycles. The Bertz CT molecular complexity index is 549. The largest absolute Gasteiger partial charge is 2.00 e. The van der Waals surface area contributed by atoms with Crippen molar-refractivity contribution in [2.45, 2.75) is 11.0 Å². The summed E-state index contributed by atoms with van der Waals surface area (Å²) < 4.78 is 118. The Hall–Kier alpha value is -0.464. The van der Waals surface area contributed by atoms with Crippen LogP contribution in [-0.4, -0.2) is 37.0 Å². The van der Waals surface area contributed by atoms with Gasteiger partial charge < -0.3 is 39.9 Å². The van der Waals surface area contributed by atoms with Gasteiger partial charge in [-0.3, -0.25) is 0 Å². The molecule has 1 aromatic rings. The molecule has 0 bridgehead atoms. The van der Waals surface area contributed by atoms with Crippen LogP contribution in [0.25, 0.3) is 0 Å². The van der Waals surface area contributed by atoms with Gasteiger partial charge in [0.1, 0.15) is 0 Å². The van der Waals surface area contributed by atoms with Gasteiger partial charge in [0, 0.05) is 0 Å². The Morgan fingerprint density at radius 1 is 0.630 bits per heavy atom. The molecular weight excluding hydrogens is 639 g/mol. The average molecular weight is 658 g/mol. The van der Waals surface area contributed by atoms with Gasteiger partial charge in [-0.2, -0.15) is 37.7 Å². The number of alkyl halides is 6. The zero-order valence-corrected chi connectivity index (χ0v) is 18.1. The Kier molecular flexibility index (Phi) is 35.2. The van der Waals surface area contributed by atoms with Crippen LogP contribution in [0, 0.1) is 0 Å². The molecule has 1 rings (SSSR count). The van der Waals surface area contributed by atoms with Crippen LogP contribution in [-0.2, 0) is 40.0 Å². The van der Waals surface area contributed by atoms with Crippen LogP contribution in [0.4, 0.5) is 26.3 Å². The smallest absolute Gasteiger partial charge is 0.741 e. The van der Waals surface area contributed by atoms with Gasteiger partial charge >= 0.3 is 30.8 Å². The third-order valence-corrected chi connectivity index (χ3v) is 2.75. The second kappa shape index (κ2) is 18.9. The summed E-state index contributed by atoms with van der Waals surface area (Å²) in [4.78, 5) is 0. The second-order valence-corrected chi connectivity index (χ2v) is 6.15. The van der Waals surface area contributed by atoms with Crippen LogP contribution in [0.2, 0.25) is 0 Å². The standard InChI is InChI=1S/C4H4S.2CHF3O3S.5H3N.Os/c1-2-4-5-3-1;2*2-1(3,4)8(5,6)7;;;;;;/h1-4H;2*(H,5,6,7);5*1H3;/q;;;;;;;;+2/p-2. The molecule has 0 unspecified atom stereocenters. The van der Waals surface area contributed by atoms with Crippen molar-refractivity contribution in [3.8, 4) is 0 Å². The van der Waals surface area contributed by atoms with Crippen molar-refractivity contribution in [1.82, 2.24) is 30.8 Å². The minimum absolute atomic E-state index is 0. The number of thiophene rings is 1. The fraction of sp³-hybridized carbons (Fsp3) is 0.333. The fourth-order valence-corrected chi connectivity index (χ4v) is 0.680. The Labute approximate surface area is 168 Å². The predicted molar refractivity (Wildman–Crippen MR) is 80.9 cm³/mol. The molecule has 1 heterocycles. The number of hydrogen-bond donors (Lipinski definition) is 5. The van der Waals surface area contributed by atoms with Crippen molar-refractivity contribution in [3.05, 3.63) is 22.9 Å². The molecular formula is C6H19F6N5O6OsS3. The van der Waals surface area contributed by atoms with Gasteiger partial charge in [0.05, 0.1) is 0 Å². The van der Waals surface area contributed by atoms with Gasteiger partial charge in [-0.05, 0) is 10.8 Å². The first kappa shape index (κ1) is 50.4. The van der Waals surface area contributed by atoms with Crippen LogP contribution in [0.5, 0.6) is 0 Å². The fourth-order valence-electron chi connectivity index (χ4n) is 0.227. The van der Waals surface area contributed by atoms with Crippen LogP contribution in [0.15, 0.2) is 22.9 Å². The Morgan fingerprint density at radius 3 is 0.815 bits per heavy atom. The van der Waals surface area contributed by atoms with Crippen molar-refractivity contribution in [2.75, 3.05) is 0 Å². The molecule has 0 amide bonds. The van der Waals surface area contributed by atoms with Gasteiger partial charge in [-0.15, -0.1) is 0 Å². The monoisotopic (exact) mass is 659 g/mol. The molecule has 0 saturated carbocycles. The van der Waals surface area contributed by atoms with Crippen LogP contribution in [0.3, 0.4) is 0 Å². The predicted octanol–water partition coefficient (Wildman–Crippen LogP) is 2.66. The Balaban J connectivity index is -0.0000000305. The summed E-state index contributed by atoms with van der Waals surface area (Å²) in [6.45, 7) is 0. The molecule has 0 atom stereocenters. The maximum Gasteiger partial charge on any atom is 2.00 e. The van der Waals surface area contributed by atoms with E-state index in [1.54, 1.807) is 11.3 Å². The molecule has 27 heavy (non-hydrogen) atoms. The molecule has 0 saturated heterocycles. The maximum absolute atomic E-state index is 10.7. The van der Waals surface area contributed by atoms with Gasteiger partial charge in [0.15, 0.2) is 20.2 Å². The zero-order valence-electron chi connectivity index (χ0n) is 13.1. The van der Waals surface area contributed by atoms with Gasteiger partial charge in [-0.25, -0.2) is 16.8 Å². The van der Waals surface area contributed by atoms with E-state index in [4.69, 9.17) is 25.9 Å². The molecule has 0 fully saturated rings. The third-order valence-electron chi connectivity index (χ3n) is 0.992. The minimum atomic E-state index is -6.09. The van der Waals surface area contributed by atoms with E-state index < -0.39 is 31.3 Å². The van der Waals surface area contributed by atoms with E-state index in [0.29, 0.717) is 0 Å². The van der Waals surface area contributed by atoms with Crippen molar-refractivity contribution < 1.29 is 72.1 Å². The first-order chi connectivity index (χ1) is 9.00. The van der Waals surface area contributed by atoms with Gasteiger partial charge in [0.2, 0.25) is 0 Å². The molecule has 1 aromatic heterocycles. The molecule has 0 radical (unpaired) electrons. The molecule has 0 aliphatic heterocycles. The number of rotatable bonds is 0. The summed E-state index contributed by atoms with van der Waals surface area (Å²) in [5.41, 5.74) is -11.3. The minimum Gasteiger partial charge on any atom is -0.741 e. The van der Waals surface area contributed by atoms with Crippen LogP contribution in [0.1, 0.15) is 0 Å².